The van der Waals surface area contributed by atoms with Gasteiger partial charge in [0.1, 0.15) is 5.82 Å². The highest BCUT2D eigenvalue weighted by molar-refractivity contribution is 5.60. The molecule has 3 atom stereocenters. The third-order valence-corrected chi connectivity index (χ3v) is 6.93. The molecule has 0 amide bonds. The zero-order valence-corrected chi connectivity index (χ0v) is 14.3. The van der Waals surface area contributed by atoms with E-state index in [2.05, 4.69) is 28.5 Å². The molecule has 3 aliphatic rings. The van der Waals surface area contributed by atoms with E-state index in [1.54, 1.807) is 11.1 Å². The van der Waals surface area contributed by atoms with Gasteiger partial charge in [0.05, 0.1) is 0 Å². The SMILES string of the molecule is c1ccc(Nc2ccc3c(c2)[C@@]24CCCC[C@H]2[C@H](CCC4)C3)nc1. The second-order valence-corrected chi connectivity index (χ2v) is 8.08. The highest BCUT2D eigenvalue weighted by atomic mass is 15.0. The molecule has 2 nitrogen and oxygen atoms in total. The smallest absolute Gasteiger partial charge is 0.130 e. The van der Waals surface area contributed by atoms with E-state index in [0.717, 1.165) is 17.7 Å². The maximum Gasteiger partial charge on any atom is 0.130 e. The van der Waals surface area contributed by atoms with Crippen molar-refractivity contribution in [3.63, 3.8) is 0 Å². The van der Waals surface area contributed by atoms with Crippen LogP contribution >= 0.6 is 0 Å². The highest BCUT2D eigenvalue weighted by Gasteiger charge is 2.51. The molecule has 2 fully saturated rings. The molecular formula is C22H26N2. The summed E-state index contributed by atoms with van der Waals surface area (Å²) in [4.78, 5) is 4.42. The first-order valence-electron chi connectivity index (χ1n) is 9.67. The number of aromatic nitrogens is 1. The lowest BCUT2D eigenvalue weighted by atomic mass is 9.49. The van der Waals surface area contributed by atoms with Crippen molar-refractivity contribution in [1.82, 2.24) is 4.98 Å². The van der Waals surface area contributed by atoms with Gasteiger partial charge in [-0.3, -0.25) is 0 Å². The van der Waals surface area contributed by atoms with Gasteiger partial charge >= 0.3 is 0 Å². The van der Waals surface area contributed by atoms with Gasteiger partial charge in [-0.15, -0.1) is 0 Å². The maximum atomic E-state index is 4.42. The minimum atomic E-state index is 0.483. The van der Waals surface area contributed by atoms with Crippen LogP contribution in [0.25, 0.3) is 0 Å². The molecule has 1 N–H and O–H groups in total. The molecule has 0 radical (unpaired) electrons. The van der Waals surface area contributed by atoms with E-state index in [1.165, 1.54) is 57.1 Å². The number of rotatable bonds is 2. The summed E-state index contributed by atoms with van der Waals surface area (Å²) in [7, 11) is 0. The van der Waals surface area contributed by atoms with Gasteiger partial charge in [0, 0.05) is 11.9 Å². The van der Waals surface area contributed by atoms with Crippen LogP contribution in [0, 0.1) is 11.8 Å². The van der Waals surface area contributed by atoms with Crippen molar-refractivity contribution < 1.29 is 0 Å². The summed E-state index contributed by atoms with van der Waals surface area (Å²) >= 11 is 0. The fourth-order valence-electron chi connectivity index (χ4n) is 6.02. The summed E-state index contributed by atoms with van der Waals surface area (Å²) in [5, 5.41) is 3.51. The molecule has 2 saturated carbocycles. The van der Waals surface area contributed by atoms with E-state index in [4.69, 9.17) is 0 Å². The molecule has 2 aromatic rings. The van der Waals surface area contributed by atoms with Crippen molar-refractivity contribution >= 4 is 11.5 Å². The number of nitrogens with zero attached hydrogens (tertiary/aromatic N) is 1. The number of benzene rings is 1. The van der Waals surface area contributed by atoms with E-state index < -0.39 is 0 Å². The van der Waals surface area contributed by atoms with Gasteiger partial charge < -0.3 is 5.32 Å². The standard InChI is InChI=1S/C22H26N2/c1-3-11-22-12-5-6-16(19(22)7-1)14-17-9-10-18(15-20(17)22)24-21-8-2-4-13-23-21/h2,4,8-10,13,15-16,19H,1,3,5-7,11-12,14H2,(H,23,24)/t16-,19+,22-/m1/s1. The Kier molecular flexibility index (Phi) is 3.39. The minimum absolute atomic E-state index is 0.483. The maximum absolute atomic E-state index is 4.42. The van der Waals surface area contributed by atoms with Crippen LogP contribution in [0.3, 0.4) is 0 Å². The molecule has 3 aliphatic carbocycles. The van der Waals surface area contributed by atoms with Crippen molar-refractivity contribution in [3.05, 3.63) is 53.7 Å². The lowest BCUT2D eigenvalue weighted by Crippen LogP contribution is -2.49. The van der Waals surface area contributed by atoms with E-state index in [9.17, 15) is 0 Å². The highest BCUT2D eigenvalue weighted by Crippen LogP contribution is 2.58. The van der Waals surface area contributed by atoms with Crippen molar-refractivity contribution in [3.8, 4) is 0 Å². The average Bonchev–Trinajstić information content (AvgIpc) is 2.63. The van der Waals surface area contributed by atoms with E-state index >= 15 is 0 Å². The summed E-state index contributed by atoms with van der Waals surface area (Å²) in [6, 6.07) is 13.2. The fourth-order valence-corrected chi connectivity index (χ4v) is 6.02. The van der Waals surface area contributed by atoms with E-state index in [1.807, 2.05) is 24.4 Å². The molecule has 2 heteroatoms. The topological polar surface area (TPSA) is 24.9 Å². The Labute approximate surface area is 144 Å². The molecule has 2 bridgehead atoms. The van der Waals surface area contributed by atoms with Gasteiger partial charge in [-0.05, 0) is 84.7 Å². The second kappa shape index (κ2) is 5.61. The average molecular weight is 318 g/mol. The van der Waals surface area contributed by atoms with Gasteiger partial charge in [-0.1, -0.05) is 31.4 Å². The van der Waals surface area contributed by atoms with Crippen molar-refractivity contribution in [1.29, 1.82) is 0 Å². The minimum Gasteiger partial charge on any atom is -0.340 e. The first kappa shape index (κ1) is 14.5. The number of pyridine rings is 1. The first-order valence-corrected chi connectivity index (χ1v) is 9.67. The summed E-state index contributed by atoms with van der Waals surface area (Å²) in [5.74, 6) is 2.83. The van der Waals surface area contributed by atoms with Crippen LogP contribution in [-0.2, 0) is 11.8 Å². The lowest BCUT2D eigenvalue weighted by Gasteiger charge is -2.55. The molecule has 1 aromatic heterocycles. The number of hydrogen-bond acceptors (Lipinski definition) is 2. The number of hydrogen-bond donors (Lipinski definition) is 1. The normalized spacial score (nSPS) is 31.0. The Morgan fingerprint density at radius 3 is 2.88 bits per heavy atom. The van der Waals surface area contributed by atoms with Crippen molar-refractivity contribution in [2.45, 2.75) is 56.8 Å². The Morgan fingerprint density at radius 1 is 1.00 bits per heavy atom. The van der Waals surface area contributed by atoms with Crippen LogP contribution in [0.4, 0.5) is 11.5 Å². The Hall–Kier alpha value is -1.83. The third kappa shape index (κ3) is 2.19. The summed E-state index contributed by atoms with van der Waals surface area (Å²) in [6.45, 7) is 0. The van der Waals surface area contributed by atoms with E-state index in [-0.39, 0.29) is 0 Å². The molecule has 5 rings (SSSR count). The largest absolute Gasteiger partial charge is 0.340 e. The quantitative estimate of drug-likeness (QED) is 0.778. The van der Waals surface area contributed by atoms with Crippen LogP contribution in [0.5, 0.6) is 0 Å². The molecule has 24 heavy (non-hydrogen) atoms. The van der Waals surface area contributed by atoms with Crippen LogP contribution in [-0.4, -0.2) is 4.98 Å². The zero-order valence-electron chi connectivity index (χ0n) is 14.3. The van der Waals surface area contributed by atoms with Crippen LogP contribution < -0.4 is 5.32 Å². The van der Waals surface area contributed by atoms with Gasteiger partial charge in [0.25, 0.3) is 0 Å². The fraction of sp³-hybridized carbons (Fsp3) is 0.500. The van der Waals surface area contributed by atoms with Crippen molar-refractivity contribution in [2.24, 2.45) is 11.8 Å². The summed E-state index contributed by atoms with van der Waals surface area (Å²) < 4.78 is 0. The van der Waals surface area contributed by atoms with Crippen LogP contribution in [0.1, 0.15) is 56.1 Å². The molecule has 0 saturated heterocycles. The summed E-state index contributed by atoms with van der Waals surface area (Å²) in [6.07, 6.45) is 13.2. The molecule has 1 heterocycles. The first-order chi connectivity index (χ1) is 11.9. The molecule has 1 aromatic carbocycles. The molecular weight excluding hydrogens is 292 g/mol. The lowest BCUT2D eigenvalue weighted by molar-refractivity contribution is 0.0523. The number of nitrogens with one attached hydrogen (secondary N) is 1. The van der Waals surface area contributed by atoms with Crippen LogP contribution in [0.2, 0.25) is 0 Å². The van der Waals surface area contributed by atoms with Gasteiger partial charge in [0.2, 0.25) is 0 Å². The number of anilines is 2. The van der Waals surface area contributed by atoms with Gasteiger partial charge in [0.15, 0.2) is 0 Å². The second-order valence-electron chi connectivity index (χ2n) is 8.08. The predicted octanol–water partition coefficient (Wildman–Crippen LogP) is 5.61. The Morgan fingerprint density at radius 2 is 1.96 bits per heavy atom. The molecule has 0 aliphatic heterocycles. The monoisotopic (exact) mass is 318 g/mol. The summed E-state index contributed by atoms with van der Waals surface area (Å²) in [5.41, 5.74) is 4.99. The molecule has 0 spiro atoms. The van der Waals surface area contributed by atoms with Crippen LogP contribution in [0.15, 0.2) is 42.6 Å². The van der Waals surface area contributed by atoms with Gasteiger partial charge in [-0.25, -0.2) is 4.98 Å². The van der Waals surface area contributed by atoms with Gasteiger partial charge in [-0.2, -0.15) is 0 Å². The number of fused-ring (bicyclic) bond motifs is 1. The zero-order chi connectivity index (χ0) is 16.0. The molecule has 124 valence electrons. The Bertz CT molecular complexity index is 735. The third-order valence-electron chi connectivity index (χ3n) is 6.93. The van der Waals surface area contributed by atoms with Crippen molar-refractivity contribution in [2.75, 3.05) is 5.32 Å². The Balaban J connectivity index is 1.56. The van der Waals surface area contributed by atoms with E-state index in [0.29, 0.717) is 5.41 Å². The molecule has 0 unspecified atom stereocenters. The predicted molar refractivity (Wildman–Crippen MR) is 98.6 cm³/mol.